The van der Waals surface area contributed by atoms with Gasteiger partial charge in [0.05, 0.1) is 13.2 Å². The molecule has 0 aliphatic carbocycles. The van der Waals surface area contributed by atoms with Crippen molar-refractivity contribution in [2.75, 3.05) is 32.1 Å². The lowest BCUT2D eigenvalue weighted by molar-refractivity contribution is 0.0995. The van der Waals surface area contributed by atoms with Crippen LogP contribution < -0.4 is 15.8 Å². The molecule has 0 spiro atoms. The Balaban J connectivity index is 1.76. The van der Waals surface area contributed by atoms with Crippen LogP contribution >= 0.6 is 0 Å². The third-order valence-electron chi connectivity index (χ3n) is 4.84. The van der Waals surface area contributed by atoms with Gasteiger partial charge in [-0.1, -0.05) is 18.6 Å². The zero-order valence-corrected chi connectivity index (χ0v) is 15.1. The van der Waals surface area contributed by atoms with E-state index in [1.807, 2.05) is 18.2 Å². The number of ether oxygens (including phenoxy) is 1. The molecule has 1 unspecified atom stereocenters. The maximum atomic E-state index is 11.3. The molecule has 1 amide bonds. The van der Waals surface area contributed by atoms with Crippen molar-refractivity contribution in [2.45, 2.75) is 25.3 Å². The summed E-state index contributed by atoms with van der Waals surface area (Å²) in [6, 6.07) is 12.1. The number of hydrogen-bond donors (Lipinski definition) is 2. The number of pyridine rings is 1. The fraction of sp³-hybridized carbons (Fsp3) is 0.400. The molecular weight excluding hydrogens is 328 g/mol. The van der Waals surface area contributed by atoms with Gasteiger partial charge in [0.2, 0.25) is 0 Å². The van der Waals surface area contributed by atoms with Gasteiger partial charge >= 0.3 is 0 Å². The normalized spacial score (nSPS) is 16.0. The first-order chi connectivity index (χ1) is 12.7. The van der Waals surface area contributed by atoms with E-state index in [1.54, 1.807) is 19.4 Å². The van der Waals surface area contributed by atoms with E-state index in [9.17, 15) is 4.79 Å². The van der Waals surface area contributed by atoms with E-state index < -0.39 is 5.91 Å². The van der Waals surface area contributed by atoms with Gasteiger partial charge in [-0.25, -0.2) is 0 Å². The average Bonchev–Trinajstić information content (AvgIpc) is 2.69. The van der Waals surface area contributed by atoms with Crippen molar-refractivity contribution in [2.24, 2.45) is 5.73 Å². The molecule has 138 valence electrons. The summed E-state index contributed by atoms with van der Waals surface area (Å²) in [7, 11) is 1.68. The SMILES string of the molecule is COc1ccc(C(CNc2ccnc(C(N)=O)c2)N2CCCCC2)cc1. The zero-order chi connectivity index (χ0) is 18.4. The van der Waals surface area contributed by atoms with Crippen molar-refractivity contribution in [1.82, 2.24) is 9.88 Å². The minimum Gasteiger partial charge on any atom is -0.497 e. The van der Waals surface area contributed by atoms with E-state index in [4.69, 9.17) is 10.5 Å². The Bertz CT molecular complexity index is 727. The first-order valence-electron chi connectivity index (χ1n) is 9.05. The lowest BCUT2D eigenvalue weighted by Crippen LogP contribution is -2.37. The molecule has 1 fully saturated rings. The second-order valence-corrected chi connectivity index (χ2v) is 6.56. The molecule has 1 aromatic carbocycles. The molecule has 2 heterocycles. The molecule has 2 aromatic rings. The Hall–Kier alpha value is -2.60. The summed E-state index contributed by atoms with van der Waals surface area (Å²) >= 11 is 0. The summed E-state index contributed by atoms with van der Waals surface area (Å²) in [4.78, 5) is 17.8. The van der Waals surface area contributed by atoms with Gasteiger partial charge in [-0.05, 0) is 55.8 Å². The van der Waals surface area contributed by atoms with Crippen LogP contribution in [0, 0.1) is 0 Å². The number of nitrogens with two attached hydrogens (primary N) is 1. The number of primary amides is 1. The van der Waals surface area contributed by atoms with Crippen molar-refractivity contribution < 1.29 is 9.53 Å². The molecular formula is C20H26N4O2. The Labute approximate surface area is 154 Å². The predicted octanol–water partition coefficient (Wildman–Crippen LogP) is 2.83. The molecule has 1 aromatic heterocycles. The highest BCUT2D eigenvalue weighted by atomic mass is 16.5. The van der Waals surface area contributed by atoms with Gasteiger partial charge in [-0.2, -0.15) is 0 Å². The average molecular weight is 354 g/mol. The first-order valence-corrected chi connectivity index (χ1v) is 9.05. The van der Waals surface area contributed by atoms with E-state index in [1.165, 1.54) is 24.8 Å². The second-order valence-electron chi connectivity index (χ2n) is 6.56. The third-order valence-corrected chi connectivity index (χ3v) is 4.84. The summed E-state index contributed by atoms with van der Waals surface area (Å²) in [5.41, 5.74) is 7.70. The minimum absolute atomic E-state index is 0.256. The Kier molecular flexibility index (Phi) is 6.07. The van der Waals surface area contributed by atoms with E-state index in [0.717, 1.165) is 31.1 Å². The number of likely N-dealkylation sites (tertiary alicyclic amines) is 1. The third kappa shape index (κ3) is 4.52. The molecule has 6 nitrogen and oxygen atoms in total. The lowest BCUT2D eigenvalue weighted by Gasteiger charge is -2.35. The van der Waals surface area contributed by atoms with E-state index >= 15 is 0 Å². The molecule has 1 aliphatic rings. The van der Waals surface area contributed by atoms with E-state index in [2.05, 4.69) is 27.3 Å². The fourth-order valence-electron chi connectivity index (χ4n) is 3.40. The number of piperidine rings is 1. The zero-order valence-electron chi connectivity index (χ0n) is 15.1. The van der Waals surface area contributed by atoms with Crippen LogP contribution in [0.4, 0.5) is 5.69 Å². The monoisotopic (exact) mass is 354 g/mol. The number of hydrogen-bond acceptors (Lipinski definition) is 5. The number of benzene rings is 1. The van der Waals surface area contributed by atoms with Gasteiger partial charge in [0, 0.05) is 18.4 Å². The van der Waals surface area contributed by atoms with Crippen molar-refractivity contribution in [1.29, 1.82) is 0 Å². The standard InChI is InChI=1S/C20H26N4O2/c1-26-17-7-5-15(6-8-17)19(24-11-3-2-4-12-24)14-23-16-9-10-22-18(13-16)20(21)25/h5-10,13,19H,2-4,11-12,14H2,1H3,(H2,21,25)(H,22,23). The molecule has 3 N–H and O–H groups in total. The van der Waals surface area contributed by atoms with Crippen LogP contribution in [0.2, 0.25) is 0 Å². The minimum atomic E-state index is -0.517. The van der Waals surface area contributed by atoms with Gasteiger partial charge in [-0.3, -0.25) is 14.7 Å². The summed E-state index contributed by atoms with van der Waals surface area (Å²) in [6.07, 6.45) is 5.36. The van der Waals surface area contributed by atoms with Crippen LogP contribution in [-0.2, 0) is 0 Å². The van der Waals surface area contributed by atoms with E-state index in [-0.39, 0.29) is 11.7 Å². The van der Waals surface area contributed by atoms with Crippen LogP contribution in [0.1, 0.15) is 41.4 Å². The first kappa shape index (κ1) is 18.2. The lowest BCUT2D eigenvalue weighted by atomic mass is 10.0. The number of amides is 1. The maximum absolute atomic E-state index is 11.3. The quantitative estimate of drug-likeness (QED) is 0.799. The second kappa shape index (κ2) is 8.67. The number of aromatic nitrogens is 1. The number of nitrogens with one attached hydrogen (secondary N) is 1. The van der Waals surface area contributed by atoms with Crippen molar-refractivity contribution in [3.8, 4) is 5.75 Å². The highest BCUT2D eigenvalue weighted by Crippen LogP contribution is 2.27. The van der Waals surface area contributed by atoms with Crippen LogP contribution in [0.25, 0.3) is 0 Å². The highest BCUT2D eigenvalue weighted by molar-refractivity contribution is 5.91. The topological polar surface area (TPSA) is 80.5 Å². The van der Waals surface area contributed by atoms with Crippen molar-refractivity contribution in [3.05, 3.63) is 53.9 Å². The fourth-order valence-corrected chi connectivity index (χ4v) is 3.40. The summed E-state index contributed by atoms with van der Waals surface area (Å²) in [5, 5.41) is 3.44. The van der Waals surface area contributed by atoms with Gasteiger partial charge in [0.15, 0.2) is 0 Å². The number of methoxy groups -OCH3 is 1. The van der Waals surface area contributed by atoms with Gasteiger partial charge < -0.3 is 15.8 Å². The molecule has 6 heteroatoms. The Morgan fingerprint density at radius 3 is 2.62 bits per heavy atom. The number of nitrogens with zero attached hydrogens (tertiary/aromatic N) is 2. The number of anilines is 1. The summed E-state index contributed by atoms with van der Waals surface area (Å²) in [5.74, 6) is 0.343. The van der Waals surface area contributed by atoms with Crippen LogP contribution in [0.15, 0.2) is 42.6 Å². The molecule has 0 bridgehead atoms. The van der Waals surface area contributed by atoms with Crippen LogP contribution in [0.3, 0.4) is 0 Å². The van der Waals surface area contributed by atoms with Crippen molar-refractivity contribution >= 4 is 11.6 Å². The molecule has 26 heavy (non-hydrogen) atoms. The van der Waals surface area contributed by atoms with Gasteiger partial charge in [-0.15, -0.1) is 0 Å². The largest absolute Gasteiger partial charge is 0.497 e. The van der Waals surface area contributed by atoms with Crippen LogP contribution in [0.5, 0.6) is 5.75 Å². The van der Waals surface area contributed by atoms with E-state index in [0.29, 0.717) is 0 Å². The molecule has 1 aliphatic heterocycles. The highest BCUT2D eigenvalue weighted by Gasteiger charge is 2.22. The molecule has 0 radical (unpaired) electrons. The summed E-state index contributed by atoms with van der Waals surface area (Å²) in [6.45, 7) is 2.94. The molecule has 0 saturated carbocycles. The molecule has 1 atom stereocenters. The predicted molar refractivity (Wildman–Crippen MR) is 102 cm³/mol. The van der Waals surface area contributed by atoms with Crippen molar-refractivity contribution in [3.63, 3.8) is 0 Å². The number of carbonyl (C=O) groups is 1. The maximum Gasteiger partial charge on any atom is 0.267 e. The Morgan fingerprint density at radius 2 is 1.96 bits per heavy atom. The smallest absolute Gasteiger partial charge is 0.267 e. The number of carbonyl (C=O) groups excluding carboxylic acids is 1. The molecule has 1 saturated heterocycles. The number of rotatable bonds is 7. The van der Waals surface area contributed by atoms with Crippen LogP contribution in [-0.4, -0.2) is 42.5 Å². The van der Waals surface area contributed by atoms with Gasteiger partial charge in [0.1, 0.15) is 11.4 Å². The Morgan fingerprint density at radius 1 is 1.23 bits per heavy atom. The summed E-state index contributed by atoms with van der Waals surface area (Å²) < 4.78 is 5.28. The molecule has 3 rings (SSSR count). The van der Waals surface area contributed by atoms with Gasteiger partial charge in [0.25, 0.3) is 5.91 Å².